The highest BCUT2D eigenvalue weighted by atomic mass is 15.1. The molecule has 0 amide bonds. The van der Waals surface area contributed by atoms with Crippen LogP contribution < -0.4 is 4.90 Å². The van der Waals surface area contributed by atoms with Gasteiger partial charge in [-0.2, -0.15) is 0 Å². The molecule has 8 aromatic rings. The molecule has 0 aliphatic heterocycles. The molecule has 9 rings (SSSR count). The number of anilines is 3. The molecule has 0 saturated carbocycles. The Morgan fingerprint density at radius 3 is 1.30 bits per heavy atom. The van der Waals surface area contributed by atoms with Crippen LogP contribution in [0.1, 0.15) is 11.1 Å². The third kappa shape index (κ3) is 4.31. The van der Waals surface area contributed by atoms with Crippen molar-refractivity contribution in [3.8, 4) is 44.5 Å². The summed E-state index contributed by atoms with van der Waals surface area (Å²) in [5.74, 6) is 0. The Morgan fingerprint density at radius 1 is 0.340 bits per heavy atom. The fourth-order valence-corrected chi connectivity index (χ4v) is 7.60. The maximum absolute atomic E-state index is 2.41. The van der Waals surface area contributed by atoms with Crippen molar-refractivity contribution in [1.82, 2.24) is 0 Å². The van der Waals surface area contributed by atoms with E-state index in [2.05, 4.69) is 183 Å². The Morgan fingerprint density at radius 2 is 0.787 bits per heavy atom. The Balaban J connectivity index is 1.41. The second kappa shape index (κ2) is 10.9. The molecule has 0 aromatic heterocycles. The first-order valence-corrected chi connectivity index (χ1v) is 16.4. The second-order valence-electron chi connectivity index (χ2n) is 12.6. The van der Waals surface area contributed by atoms with Crippen LogP contribution in [0.4, 0.5) is 17.1 Å². The fourth-order valence-electron chi connectivity index (χ4n) is 7.60. The van der Waals surface area contributed by atoms with Gasteiger partial charge < -0.3 is 4.90 Å². The van der Waals surface area contributed by atoms with E-state index in [1.807, 2.05) is 0 Å². The molecule has 0 spiro atoms. The molecule has 0 N–H and O–H groups in total. The number of nitrogens with zero attached hydrogens (tertiary/aromatic N) is 1. The quantitative estimate of drug-likeness (QED) is 0.190. The molecule has 0 unspecified atom stereocenters. The predicted octanol–water partition coefficient (Wildman–Crippen LogP) is 13.1. The van der Waals surface area contributed by atoms with Crippen molar-refractivity contribution < 1.29 is 0 Å². The summed E-state index contributed by atoms with van der Waals surface area (Å²) in [5.41, 5.74) is 16.3. The lowest BCUT2D eigenvalue weighted by molar-refractivity contribution is 1.28. The molecule has 222 valence electrons. The van der Waals surface area contributed by atoms with Crippen molar-refractivity contribution in [3.63, 3.8) is 0 Å². The van der Waals surface area contributed by atoms with Crippen LogP contribution in [0.5, 0.6) is 0 Å². The van der Waals surface area contributed by atoms with Gasteiger partial charge in [-0.05, 0) is 105 Å². The summed E-state index contributed by atoms with van der Waals surface area (Å²) in [6.45, 7) is 4.30. The highest BCUT2D eigenvalue weighted by Crippen LogP contribution is 2.59. The first-order valence-electron chi connectivity index (χ1n) is 16.4. The van der Waals surface area contributed by atoms with Crippen LogP contribution in [0.15, 0.2) is 164 Å². The van der Waals surface area contributed by atoms with Crippen LogP contribution in [0.3, 0.4) is 0 Å². The summed E-state index contributed by atoms with van der Waals surface area (Å²) in [6.07, 6.45) is 0. The van der Waals surface area contributed by atoms with Gasteiger partial charge in [-0.15, -0.1) is 0 Å². The monoisotopic (exact) mass is 599 g/mol. The summed E-state index contributed by atoms with van der Waals surface area (Å²) in [5, 5.41) is 5.12. The largest absolute Gasteiger partial charge is 0.310 e. The number of benzene rings is 8. The lowest BCUT2D eigenvalue weighted by Gasteiger charge is -2.27. The van der Waals surface area contributed by atoms with Gasteiger partial charge in [0.1, 0.15) is 0 Å². The minimum Gasteiger partial charge on any atom is -0.310 e. The lowest BCUT2D eigenvalue weighted by atomic mass is 9.82. The maximum Gasteiger partial charge on any atom is 0.0540 e. The van der Waals surface area contributed by atoms with Gasteiger partial charge in [0.25, 0.3) is 0 Å². The van der Waals surface area contributed by atoms with E-state index in [1.165, 1.54) is 82.9 Å². The van der Waals surface area contributed by atoms with Crippen molar-refractivity contribution in [1.29, 1.82) is 0 Å². The zero-order valence-corrected chi connectivity index (χ0v) is 26.5. The van der Waals surface area contributed by atoms with Gasteiger partial charge in [0.2, 0.25) is 0 Å². The molecular formula is C46H33N. The molecule has 0 bridgehead atoms. The maximum atomic E-state index is 2.41. The van der Waals surface area contributed by atoms with E-state index in [-0.39, 0.29) is 0 Å². The molecule has 0 radical (unpaired) electrons. The highest BCUT2D eigenvalue weighted by molar-refractivity contribution is 6.29. The smallest absolute Gasteiger partial charge is 0.0540 e. The zero-order valence-electron chi connectivity index (χ0n) is 26.5. The first kappa shape index (κ1) is 27.4. The molecule has 1 aliphatic rings. The SMILES string of the molecule is Cc1ccc(N(c2ccc(C)cc2)c2ccc3c4c(cccc24)-c2c-3c(-c3ccccc3)c3ccccc3c2-c2ccccc2)cc1. The zero-order chi connectivity index (χ0) is 31.5. The van der Waals surface area contributed by atoms with Crippen molar-refractivity contribution in [2.24, 2.45) is 0 Å². The van der Waals surface area contributed by atoms with Gasteiger partial charge >= 0.3 is 0 Å². The fraction of sp³-hybridized carbons (Fsp3) is 0.0435. The molecule has 47 heavy (non-hydrogen) atoms. The van der Waals surface area contributed by atoms with Crippen LogP contribution in [-0.2, 0) is 0 Å². The average Bonchev–Trinajstić information content (AvgIpc) is 3.45. The van der Waals surface area contributed by atoms with E-state index in [1.54, 1.807) is 0 Å². The van der Waals surface area contributed by atoms with Crippen LogP contribution in [-0.4, -0.2) is 0 Å². The summed E-state index contributed by atoms with van der Waals surface area (Å²) in [6, 6.07) is 60.2. The van der Waals surface area contributed by atoms with Crippen LogP contribution >= 0.6 is 0 Å². The van der Waals surface area contributed by atoms with E-state index in [4.69, 9.17) is 0 Å². The molecule has 1 heteroatoms. The van der Waals surface area contributed by atoms with Crippen LogP contribution in [0.25, 0.3) is 66.1 Å². The summed E-state index contributed by atoms with van der Waals surface area (Å²) < 4.78 is 0. The normalized spacial score (nSPS) is 11.6. The topological polar surface area (TPSA) is 3.24 Å². The molecule has 1 aliphatic carbocycles. The van der Waals surface area contributed by atoms with Gasteiger partial charge in [-0.25, -0.2) is 0 Å². The third-order valence-corrected chi connectivity index (χ3v) is 9.72. The minimum absolute atomic E-state index is 1.15. The number of aryl methyl sites for hydroxylation is 2. The number of hydrogen-bond donors (Lipinski definition) is 0. The Hall–Kier alpha value is -5.92. The molecule has 1 nitrogen and oxygen atoms in total. The molecule has 0 saturated heterocycles. The average molecular weight is 600 g/mol. The van der Waals surface area contributed by atoms with Crippen molar-refractivity contribution >= 4 is 38.6 Å². The number of fused-ring (bicyclic) bond motifs is 4. The second-order valence-corrected chi connectivity index (χ2v) is 12.6. The molecular weight excluding hydrogens is 567 g/mol. The molecule has 8 aromatic carbocycles. The molecule has 0 heterocycles. The van der Waals surface area contributed by atoms with Crippen molar-refractivity contribution in [3.05, 3.63) is 175 Å². The Labute approximate surface area is 276 Å². The highest BCUT2D eigenvalue weighted by Gasteiger charge is 2.31. The van der Waals surface area contributed by atoms with E-state index < -0.39 is 0 Å². The van der Waals surface area contributed by atoms with Crippen LogP contribution in [0.2, 0.25) is 0 Å². The van der Waals surface area contributed by atoms with Crippen LogP contribution in [0, 0.1) is 13.8 Å². The molecule has 0 atom stereocenters. The standard InChI is InChI=1S/C46H33N/c1-30-20-24-34(25-21-30)47(35-26-22-31(2)23-27-35)41-29-28-40-44-38(41)18-11-19-39(44)45-42(32-12-5-3-6-13-32)36-16-9-10-17-37(36)43(46(40)45)33-14-7-4-8-15-33/h3-29H,1-2H3. The number of rotatable bonds is 5. The van der Waals surface area contributed by atoms with Crippen molar-refractivity contribution in [2.75, 3.05) is 4.90 Å². The Bertz CT molecular complexity index is 2300. The van der Waals surface area contributed by atoms with Gasteiger partial charge in [0.05, 0.1) is 5.69 Å². The minimum atomic E-state index is 1.15. The predicted molar refractivity (Wildman–Crippen MR) is 201 cm³/mol. The van der Waals surface area contributed by atoms with E-state index in [0.29, 0.717) is 0 Å². The third-order valence-electron chi connectivity index (χ3n) is 9.72. The summed E-state index contributed by atoms with van der Waals surface area (Å²) in [4.78, 5) is 2.41. The van der Waals surface area contributed by atoms with Crippen molar-refractivity contribution in [2.45, 2.75) is 13.8 Å². The van der Waals surface area contributed by atoms with Gasteiger partial charge in [0, 0.05) is 16.8 Å². The Kier molecular flexibility index (Phi) is 6.33. The number of hydrogen-bond acceptors (Lipinski definition) is 1. The summed E-state index contributed by atoms with van der Waals surface area (Å²) >= 11 is 0. The summed E-state index contributed by atoms with van der Waals surface area (Å²) in [7, 11) is 0. The van der Waals surface area contributed by atoms with Gasteiger partial charge in [0.15, 0.2) is 0 Å². The van der Waals surface area contributed by atoms with E-state index in [0.717, 1.165) is 11.4 Å². The first-order chi connectivity index (χ1) is 23.2. The van der Waals surface area contributed by atoms with Gasteiger partial charge in [-0.3, -0.25) is 0 Å². The van der Waals surface area contributed by atoms with Gasteiger partial charge in [-0.1, -0.05) is 145 Å². The molecule has 0 fully saturated rings. The van der Waals surface area contributed by atoms with E-state index in [9.17, 15) is 0 Å². The van der Waals surface area contributed by atoms with E-state index >= 15 is 0 Å². The lowest BCUT2D eigenvalue weighted by Crippen LogP contribution is -2.10.